The lowest BCUT2D eigenvalue weighted by molar-refractivity contribution is -0.149. The first-order chi connectivity index (χ1) is 13.3. The zero-order valence-electron chi connectivity index (χ0n) is 16.8. The van der Waals surface area contributed by atoms with Crippen molar-refractivity contribution in [3.8, 4) is 0 Å². The van der Waals surface area contributed by atoms with E-state index in [0.29, 0.717) is 25.0 Å². The molecule has 2 saturated heterocycles. The van der Waals surface area contributed by atoms with E-state index >= 15 is 0 Å². The van der Waals surface area contributed by atoms with E-state index in [2.05, 4.69) is 5.32 Å². The Bertz CT molecular complexity index is 574. The highest BCUT2D eigenvalue weighted by atomic mass is 19.3. The largest absolute Gasteiger partial charge is 0.465 e. The number of rotatable bonds is 6. The van der Waals surface area contributed by atoms with E-state index in [1.807, 2.05) is 0 Å². The van der Waals surface area contributed by atoms with Crippen molar-refractivity contribution in [2.45, 2.75) is 64.0 Å². The second kappa shape index (κ2) is 9.03. The lowest BCUT2D eigenvalue weighted by atomic mass is 9.69. The first-order valence-corrected chi connectivity index (χ1v) is 10.5. The van der Waals surface area contributed by atoms with Crippen molar-refractivity contribution in [2.75, 3.05) is 32.8 Å². The van der Waals surface area contributed by atoms with Crippen molar-refractivity contribution in [1.29, 1.82) is 0 Å². The highest BCUT2D eigenvalue weighted by Crippen LogP contribution is 2.41. The number of hydrogen-bond acceptors (Lipinski definition) is 6. The number of nitrogens with zero attached hydrogens (tertiary/aromatic N) is 1. The summed E-state index contributed by atoms with van der Waals surface area (Å²) in [4.78, 5) is 25.8. The number of ether oxygens (including phenoxy) is 2. The van der Waals surface area contributed by atoms with E-state index in [0.717, 1.165) is 32.2 Å². The summed E-state index contributed by atoms with van der Waals surface area (Å²) in [7, 11) is 0. The molecule has 1 saturated carbocycles. The number of fused-ring (bicyclic) bond motifs is 1. The lowest BCUT2D eigenvalue weighted by Gasteiger charge is -2.43. The van der Waals surface area contributed by atoms with Crippen molar-refractivity contribution in [3.63, 3.8) is 0 Å². The van der Waals surface area contributed by atoms with Crippen molar-refractivity contribution < 1.29 is 27.8 Å². The number of nitrogens with one attached hydrogen (secondary N) is 1. The Kier molecular flexibility index (Phi) is 6.91. The van der Waals surface area contributed by atoms with Crippen LogP contribution in [0.1, 0.15) is 46.0 Å². The molecular weight excluding hydrogens is 370 g/mol. The van der Waals surface area contributed by atoms with Crippen molar-refractivity contribution in [3.05, 3.63) is 0 Å². The van der Waals surface area contributed by atoms with Gasteiger partial charge in [-0.1, -0.05) is 0 Å². The highest BCUT2D eigenvalue weighted by molar-refractivity contribution is 5.76. The monoisotopic (exact) mass is 402 g/mol. The summed E-state index contributed by atoms with van der Waals surface area (Å²) >= 11 is 0. The first-order valence-electron chi connectivity index (χ1n) is 10.5. The van der Waals surface area contributed by atoms with Crippen LogP contribution in [-0.2, 0) is 19.1 Å². The first kappa shape index (κ1) is 21.4. The minimum atomic E-state index is -2.85. The molecule has 0 aromatic heterocycles. The van der Waals surface area contributed by atoms with Gasteiger partial charge >= 0.3 is 11.9 Å². The Labute approximate surface area is 165 Å². The normalized spacial score (nSPS) is 35.2. The van der Waals surface area contributed by atoms with E-state index in [9.17, 15) is 18.4 Å². The zero-order valence-corrected chi connectivity index (χ0v) is 16.8. The Morgan fingerprint density at radius 3 is 2.50 bits per heavy atom. The third-order valence-electron chi connectivity index (χ3n) is 6.40. The number of likely N-dealkylation sites (tertiary alicyclic amines) is 1. The fourth-order valence-electron chi connectivity index (χ4n) is 5.13. The summed E-state index contributed by atoms with van der Waals surface area (Å²) in [5.41, 5.74) is 0. The summed E-state index contributed by atoms with van der Waals surface area (Å²) in [5, 5.41) is 3.29. The molecule has 8 heteroatoms. The Morgan fingerprint density at radius 1 is 1.07 bits per heavy atom. The molecule has 0 aromatic carbocycles. The summed E-state index contributed by atoms with van der Waals surface area (Å²) < 4.78 is 38.1. The molecule has 6 nitrogen and oxygen atoms in total. The third kappa shape index (κ3) is 5.00. The van der Waals surface area contributed by atoms with Gasteiger partial charge in [-0.05, 0) is 63.8 Å². The molecule has 1 N–H and O–H groups in total. The fourth-order valence-corrected chi connectivity index (χ4v) is 5.13. The molecular formula is C20H32F2N2O4. The minimum Gasteiger partial charge on any atom is -0.465 e. The van der Waals surface area contributed by atoms with Gasteiger partial charge in [-0.25, -0.2) is 8.78 Å². The van der Waals surface area contributed by atoms with Crippen molar-refractivity contribution in [2.24, 2.45) is 17.8 Å². The Morgan fingerprint density at radius 2 is 1.79 bits per heavy atom. The van der Waals surface area contributed by atoms with Gasteiger partial charge in [-0.15, -0.1) is 0 Å². The van der Waals surface area contributed by atoms with Crippen LogP contribution in [0.25, 0.3) is 0 Å². The van der Waals surface area contributed by atoms with Crippen LogP contribution in [0.15, 0.2) is 0 Å². The van der Waals surface area contributed by atoms with Crippen molar-refractivity contribution in [1.82, 2.24) is 10.2 Å². The van der Waals surface area contributed by atoms with E-state index in [4.69, 9.17) is 9.47 Å². The molecule has 1 aliphatic carbocycles. The summed E-state index contributed by atoms with van der Waals surface area (Å²) in [5.74, 6) is -2.44. The molecule has 0 spiro atoms. The van der Waals surface area contributed by atoms with Gasteiger partial charge < -0.3 is 14.8 Å². The number of carbonyl (C=O) groups excluding carboxylic acids is 2. The zero-order chi connectivity index (χ0) is 20.3. The smallest absolute Gasteiger partial charge is 0.323 e. The summed E-state index contributed by atoms with van der Waals surface area (Å²) in [6.45, 7) is 4.96. The second-order valence-electron chi connectivity index (χ2n) is 8.41. The van der Waals surface area contributed by atoms with E-state index in [1.165, 1.54) is 0 Å². The van der Waals surface area contributed by atoms with Gasteiger partial charge in [0.1, 0.15) is 12.1 Å². The Hall–Kier alpha value is -1.28. The van der Waals surface area contributed by atoms with Crippen molar-refractivity contribution >= 4 is 11.9 Å². The lowest BCUT2D eigenvalue weighted by Crippen LogP contribution is -2.51. The van der Waals surface area contributed by atoms with Crippen LogP contribution in [0.2, 0.25) is 0 Å². The SMILES string of the molecule is CCOC(=O)[C@@H]1C[C@H]2C[C@@H](CN3CC(F)(F)C[C@H]3C(=O)OCC)CCC2CN1. The molecule has 0 amide bonds. The van der Waals surface area contributed by atoms with Crippen LogP contribution in [0, 0.1) is 17.8 Å². The van der Waals surface area contributed by atoms with Crippen LogP contribution < -0.4 is 5.32 Å². The van der Waals surface area contributed by atoms with Crippen LogP contribution in [-0.4, -0.2) is 67.7 Å². The van der Waals surface area contributed by atoms with Gasteiger partial charge in [0, 0.05) is 13.0 Å². The molecule has 3 rings (SSSR count). The molecule has 160 valence electrons. The number of esters is 2. The summed E-state index contributed by atoms with van der Waals surface area (Å²) in [6, 6.07) is -1.13. The molecule has 28 heavy (non-hydrogen) atoms. The maximum absolute atomic E-state index is 14.0. The van der Waals surface area contributed by atoms with Gasteiger partial charge in [0.05, 0.1) is 19.8 Å². The number of carbonyl (C=O) groups is 2. The van der Waals surface area contributed by atoms with E-state index < -0.39 is 24.4 Å². The number of hydrogen-bond donors (Lipinski definition) is 1. The van der Waals surface area contributed by atoms with Crippen LogP contribution in [0.4, 0.5) is 8.78 Å². The van der Waals surface area contributed by atoms with Crippen LogP contribution >= 0.6 is 0 Å². The van der Waals surface area contributed by atoms with Crippen LogP contribution in [0.5, 0.6) is 0 Å². The predicted molar refractivity (Wildman–Crippen MR) is 98.9 cm³/mol. The summed E-state index contributed by atoms with van der Waals surface area (Å²) in [6.07, 6.45) is 3.16. The Balaban J connectivity index is 1.59. The molecule has 5 atom stereocenters. The van der Waals surface area contributed by atoms with Gasteiger partial charge in [-0.3, -0.25) is 14.5 Å². The molecule has 0 radical (unpaired) electrons. The number of piperidine rings is 1. The van der Waals surface area contributed by atoms with Gasteiger partial charge in [0.15, 0.2) is 0 Å². The maximum Gasteiger partial charge on any atom is 0.323 e. The molecule has 3 fully saturated rings. The standard InChI is InChI=1S/C20H32F2N2O4/c1-3-27-18(25)16-8-15-7-13(5-6-14(15)10-23-16)11-24-12-20(21,22)9-17(24)19(26)28-4-2/h13-17,23H,3-12H2,1-2H3/t13-,14?,15+,16-,17-/m0/s1. The molecule has 2 heterocycles. The maximum atomic E-state index is 14.0. The highest BCUT2D eigenvalue weighted by Gasteiger charge is 2.49. The van der Waals surface area contributed by atoms with E-state index in [1.54, 1.807) is 18.7 Å². The average molecular weight is 402 g/mol. The molecule has 2 aliphatic heterocycles. The number of halogens is 2. The molecule has 0 aromatic rings. The molecule has 0 bridgehead atoms. The van der Waals surface area contributed by atoms with Gasteiger partial charge in [0.25, 0.3) is 5.92 Å². The minimum absolute atomic E-state index is 0.199. The topological polar surface area (TPSA) is 67.9 Å². The van der Waals surface area contributed by atoms with Gasteiger partial charge in [-0.2, -0.15) is 0 Å². The van der Waals surface area contributed by atoms with Crippen LogP contribution in [0.3, 0.4) is 0 Å². The van der Waals surface area contributed by atoms with E-state index in [-0.39, 0.29) is 31.1 Å². The predicted octanol–water partition coefficient (Wildman–Crippen LogP) is 2.22. The second-order valence-corrected chi connectivity index (χ2v) is 8.41. The van der Waals surface area contributed by atoms with Gasteiger partial charge in [0.2, 0.25) is 0 Å². The molecule has 3 aliphatic rings. The fraction of sp³-hybridized carbons (Fsp3) is 0.900. The third-order valence-corrected chi connectivity index (χ3v) is 6.40. The average Bonchev–Trinajstić information content (AvgIpc) is 2.96. The molecule has 1 unspecified atom stereocenters. The number of alkyl halides is 2. The quantitative estimate of drug-likeness (QED) is 0.687.